The largest absolute Gasteiger partial charge is 0.394 e. The Morgan fingerprint density at radius 2 is 0.741 bits per heavy atom. The molecule has 1 aromatic heterocycles. The van der Waals surface area contributed by atoms with Crippen molar-refractivity contribution in [3.05, 3.63) is 296 Å². The molecule has 4 saturated heterocycles. The Kier molecular flexibility index (Phi) is 22.6. The minimum atomic E-state index is -1.37. The van der Waals surface area contributed by atoms with Gasteiger partial charge in [-0.2, -0.15) is 0 Å². The third-order valence-corrected chi connectivity index (χ3v) is 23.4. The fraction of sp³-hybridized carbons (Fsp3) is 0.255. The molecule has 5 aliphatic carbocycles. The topological polar surface area (TPSA) is 240 Å². The highest BCUT2D eigenvalue weighted by molar-refractivity contribution is 6.26. The summed E-state index contributed by atoms with van der Waals surface area (Å²) in [5.74, 6) is 0.684. The number of aromatic nitrogens is 1. The highest BCUT2D eigenvalue weighted by Gasteiger charge is 2.46. The number of aliphatic hydroxyl groups excluding tert-OH is 4. The summed E-state index contributed by atoms with van der Waals surface area (Å²) in [7, 11) is 2.25. The van der Waals surface area contributed by atoms with Crippen LogP contribution in [0.5, 0.6) is 0 Å². The van der Waals surface area contributed by atoms with Crippen LogP contribution in [0.25, 0.3) is 84.2 Å². The van der Waals surface area contributed by atoms with Gasteiger partial charge in [-0.25, -0.2) is 4.57 Å². The number of allylic oxidation sites excluding steroid dienone is 1. The summed E-state index contributed by atoms with van der Waals surface area (Å²) in [6, 6.07) is 65.5. The van der Waals surface area contributed by atoms with E-state index in [1.165, 1.54) is 57.6 Å². The average Bonchev–Trinajstić information content (AvgIpc) is 0.784. The van der Waals surface area contributed by atoms with E-state index in [-0.39, 0.29) is 35.5 Å². The molecule has 10 aromatic carbocycles. The monoisotopic (exact) mass is 1500 g/mol. The lowest BCUT2D eigenvalue weighted by molar-refractivity contribution is -1.00. The van der Waals surface area contributed by atoms with Crippen LogP contribution in [0, 0.1) is 0 Å². The third kappa shape index (κ3) is 15.8. The molecule has 566 valence electrons. The first-order valence-corrected chi connectivity index (χ1v) is 39.4. The van der Waals surface area contributed by atoms with Crippen molar-refractivity contribution in [3.8, 4) is 0 Å². The molecule has 4 aliphatic heterocycles. The number of pyridine rings is 1. The molecule has 0 radical (unpaired) electrons. The summed E-state index contributed by atoms with van der Waals surface area (Å²) in [4.78, 5) is 70.1. The van der Waals surface area contributed by atoms with E-state index in [0.29, 0.717) is 17.7 Å². The Labute approximate surface area is 650 Å². The van der Waals surface area contributed by atoms with Gasteiger partial charge in [-0.1, -0.05) is 188 Å². The van der Waals surface area contributed by atoms with Gasteiger partial charge in [0.2, 0.25) is 6.29 Å². The molecule has 5 atom stereocenters. The van der Waals surface area contributed by atoms with Crippen LogP contribution in [0.15, 0.2) is 240 Å². The Balaban J connectivity index is 0.000000106. The highest BCUT2D eigenvalue weighted by atomic mass is 16.6. The van der Waals surface area contributed by atoms with Gasteiger partial charge in [0.05, 0.1) is 54.7 Å². The second kappa shape index (κ2) is 33.7. The molecule has 11 aromatic rings. The summed E-state index contributed by atoms with van der Waals surface area (Å²) in [5.41, 5.74) is 14.0. The first-order valence-electron chi connectivity index (χ1n) is 39.4. The number of carbonyl (C=O) groups is 5. The maximum atomic E-state index is 12.9. The quantitative estimate of drug-likeness (QED) is 0.0798. The number of nitrogens with zero attached hydrogens (tertiary/aromatic N) is 1. The van der Waals surface area contributed by atoms with Crippen LogP contribution in [0.3, 0.4) is 0 Å². The van der Waals surface area contributed by atoms with Gasteiger partial charge in [0.15, 0.2) is 53.9 Å². The maximum Gasteiger partial charge on any atom is 0.211 e. The molecule has 4 fully saturated rings. The number of quaternary nitrogens is 6. The van der Waals surface area contributed by atoms with Crippen molar-refractivity contribution >= 4 is 113 Å². The molecule has 0 saturated carbocycles. The lowest BCUT2D eigenvalue weighted by Crippen LogP contribution is -3.27. The molecule has 0 spiro atoms. The number of benzene rings is 10. The Bertz CT molecular complexity index is 5500. The van der Waals surface area contributed by atoms with Crippen LogP contribution in [-0.4, -0.2) is 198 Å². The molecule has 9 aliphatic rings. The smallest absolute Gasteiger partial charge is 0.211 e. The number of rotatable bonds is 12. The fourth-order valence-electron chi connectivity index (χ4n) is 17.5. The minimum absolute atomic E-state index is 0.0926. The molecular weight excluding hydrogens is 1400 g/mol. The molecule has 12 N–H and O–H groups in total. The van der Waals surface area contributed by atoms with Gasteiger partial charge < -0.3 is 60.1 Å². The van der Waals surface area contributed by atoms with Gasteiger partial charge in [-0.15, -0.1) is 0 Å². The maximum absolute atomic E-state index is 12.9. The lowest BCUT2D eigenvalue weighted by atomic mass is 9.87. The van der Waals surface area contributed by atoms with Crippen LogP contribution in [0.1, 0.15) is 79.6 Å². The summed E-state index contributed by atoms with van der Waals surface area (Å²) in [6.45, 7) is 15.7. The van der Waals surface area contributed by atoms with Crippen molar-refractivity contribution in [2.24, 2.45) is 0 Å². The number of nitrogens with two attached hydrogens (primary N) is 2. The van der Waals surface area contributed by atoms with Crippen molar-refractivity contribution in [3.63, 3.8) is 0 Å². The summed E-state index contributed by atoms with van der Waals surface area (Å²) >= 11 is 0. The molecular formula is C94H96N7O11+7. The molecule has 0 amide bonds. The van der Waals surface area contributed by atoms with Crippen molar-refractivity contribution in [2.75, 3.05) is 118 Å². The zero-order valence-electron chi connectivity index (χ0n) is 63.0. The SMILES string of the molecule is C[NH+]1CC[NH+](CC2=Cc3cccc4cccc(c34)C2=O)CC1.O=C1C(C[NH+]2CCOCC2)=Cc2cccc3cccc1c23.O=C1C(C[NH+]2CC[NH2+]CC2)=Cc2cccc3cccc1c23.O=C1C(C[NH2+]C2C(O)OC(CO)C(O)C2O)=Cc2cccc3cccc1c23.O=C1C(C[n+]2ccccc2)=Cc2cccc3cccc1c23. The van der Waals surface area contributed by atoms with Crippen LogP contribution < -0.4 is 34.8 Å². The van der Waals surface area contributed by atoms with Crippen molar-refractivity contribution in [1.29, 1.82) is 0 Å². The number of morpholine rings is 1. The van der Waals surface area contributed by atoms with Crippen LogP contribution in [-0.2, 0) is 16.0 Å². The van der Waals surface area contributed by atoms with E-state index in [2.05, 4.69) is 122 Å². The zero-order valence-corrected chi connectivity index (χ0v) is 63.0. The van der Waals surface area contributed by atoms with Gasteiger partial charge in [0.1, 0.15) is 110 Å². The van der Waals surface area contributed by atoms with Crippen molar-refractivity contribution in [1.82, 2.24) is 0 Å². The fourth-order valence-corrected chi connectivity index (χ4v) is 17.5. The van der Waals surface area contributed by atoms with Crippen molar-refractivity contribution in [2.45, 2.75) is 37.2 Å². The van der Waals surface area contributed by atoms with E-state index in [9.17, 15) is 39.3 Å². The summed E-state index contributed by atoms with van der Waals surface area (Å²) < 4.78 is 12.6. The Morgan fingerprint density at radius 1 is 0.402 bits per heavy atom. The second-order valence-corrected chi connectivity index (χ2v) is 30.8. The molecule has 0 bridgehead atoms. The van der Waals surface area contributed by atoms with Gasteiger partial charge in [-0.05, 0) is 85.1 Å². The first-order chi connectivity index (χ1) is 54.7. The number of carbonyl (C=O) groups excluding carboxylic acids is 5. The Hall–Kier alpha value is -10.8. The van der Waals surface area contributed by atoms with Gasteiger partial charge in [-0.3, -0.25) is 24.0 Å². The summed E-state index contributed by atoms with van der Waals surface area (Å²) in [5, 5.41) is 54.4. The van der Waals surface area contributed by atoms with Crippen LogP contribution in [0.4, 0.5) is 0 Å². The number of nitrogens with one attached hydrogen (secondary N) is 4. The van der Waals surface area contributed by atoms with E-state index in [0.717, 1.165) is 182 Å². The molecule has 5 heterocycles. The molecule has 5 unspecified atom stereocenters. The molecule has 18 nitrogen and oxygen atoms in total. The third-order valence-electron chi connectivity index (χ3n) is 23.4. The van der Waals surface area contributed by atoms with Gasteiger partial charge in [0, 0.05) is 66.9 Å². The van der Waals surface area contributed by atoms with E-state index in [1.54, 1.807) is 16.3 Å². The van der Waals surface area contributed by atoms with Crippen molar-refractivity contribution < 1.29 is 88.7 Å². The molecule has 112 heavy (non-hydrogen) atoms. The Morgan fingerprint density at radius 3 is 1.13 bits per heavy atom. The number of hydrogen-bond acceptors (Lipinski definition) is 11. The number of ether oxygens (including phenoxy) is 2. The standard InChI is InChI=1S/C20H21NO6.C19H20N2O.C19H14NO.C18H18N2O.C18H17NO2/c22-9-14-18(24)19(25)16(20(26)27-14)21-8-12-7-11-5-1-3-10-4-2-6-13(15(10)11)17(12)23;1-20-8-10-21(11-9-20)13-16-12-15-6-2-4-14-5-3-7-17(18(14)15)19(16)22;21-19-16(13-20-10-2-1-3-11-20)12-15-8-4-6-14-7-5-9-17(19)18(14)15;21-18-15(12-20-9-7-19-8-10-20)11-14-5-1-3-13-4-2-6-16(18)17(13)14;20-18-15(12-19-7-9-21-10-8-19)11-14-5-1-3-13-4-2-6-16(18)17(13)14/h1-7,14,16,18-22,24-26H,8-9H2;2-7,12H,8-11,13H2,1H3;1-12H,13H2;1-6,11,19H,7-10,12H2;1-6,11H,7-10,12H2/q;;+1;;/p+6. The minimum Gasteiger partial charge on any atom is -0.394 e. The van der Waals surface area contributed by atoms with Gasteiger partial charge in [0.25, 0.3) is 0 Å². The molecule has 18 heteroatoms. The normalized spacial score (nSPS) is 21.7. The summed E-state index contributed by atoms with van der Waals surface area (Å²) in [6.07, 6.45) is 9.12. The lowest BCUT2D eigenvalue weighted by Gasteiger charge is -2.38. The molecule has 20 rings (SSSR count). The van der Waals surface area contributed by atoms with E-state index in [4.69, 9.17) is 14.6 Å². The van der Waals surface area contributed by atoms with E-state index >= 15 is 0 Å². The first kappa shape index (κ1) is 75.3. The second-order valence-electron chi connectivity index (χ2n) is 30.8. The number of piperazine rings is 2. The van der Waals surface area contributed by atoms with Crippen LogP contribution in [0.2, 0.25) is 0 Å². The average molecular weight is 1500 g/mol. The van der Waals surface area contributed by atoms with Crippen LogP contribution >= 0.6 is 0 Å². The number of likely N-dealkylation sites (N-methyl/N-ethyl adjacent to an activating group) is 1. The highest BCUT2D eigenvalue weighted by Crippen LogP contribution is 2.36. The zero-order chi connectivity index (χ0) is 76.9. The number of aliphatic hydroxyl groups is 4. The number of Topliss-reactive ketones (excluding diaryl/α,β-unsaturated/α-hetero) is 5. The predicted octanol–water partition coefficient (Wildman–Crippen LogP) is 3.24. The predicted molar refractivity (Wildman–Crippen MR) is 434 cm³/mol. The van der Waals surface area contributed by atoms with E-state index in [1.807, 2.05) is 132 Å². The van der Waals surface area contributed by atoms with E-state index < -0.39 is 37.3 Å². The van der Waals surface area contributed by atoms with Gasteiger partial charge >= 0.3 is 0 Å². The number of ketones is 5. The number of hydrogen-bond donors (Lipinski definition) is 10.